The minimum absolute atomic E-state index is 0.0342. The van der Waals surface area contributed by atoms with E-state index in [4.69, 9.17) is 11.6 Å². The minimum Gasteiger partial charge on any atom is -0.273 e. The average Bonchev–Trinajstić information content (AvgIpc) is 3.20. The third-order valence-corrected chi connectivity index (χ3v) is 7.29. The topological polar surface area (TPSA) is 51.0 Å². The quantitative estimate of drug-likeness (QED) is 0.708. The van der Waals surface area contributed by atoms with Gasteiger partial charge in [0.25, 0.3) is 5.91 Å². The lowest BCUT2D eigenvalue weighted by atomic mass is 9.64. The molecule has 0 bridgehead atoms. The van der Waals surface area contributed by atoms with E-state index in [1.54, 1.807) is 12.4 Å². The number of carbonyl (C=O) groups excluding carboxylic acids is 1. The molecule has 1 aliphatic heterocycles. The fraction of sp³-hybridized carbons (Fsp3) is 0.571. The summed E-state index contributed by atoms with van der Waals surface area (Å²) in [6.45, 7) is 0. The average molecular weight is 385 g/mol. The van der Waals surface area contributed by atoms with Crippen LogP contribution in [0.5, 0.6) is 0 Å². The van der Waals surface area contributed by atoms with Gasteiger partial charge in [0.2, 0.25) is 5.95 Å². The molecule has 2 fully saturated rings. The molecule has 1 spiro atoms. The molecule has 1 amide bonds. The van der Waals surface area contributed by atoms with Crippen LogP contribution in [0.1, 0.15) is 68.1 Å². The van der Waals surface area contributed by atoms with Crippen molar-refractivity contribution in [1.82, 2.24) is 14.8 Å². The van der Waals surface area contributed by atoms with E-state index in [2.05, 4.69) is 14.8 Å². The molecular formula is C21H25ClN4O. The van der Waals surface area contributed by atoms with Gasteiger partial charge in [0.1, 0.15) is 6.33 Å². The Labute approximate surface area is 164 Å². The van der Waals surface area contributed by atoms with Crippen molar-refractivity contribution in [3.8, 4) is 0 Å². The zero-order valence-electron chi connectivity index (χ0n) is 15.5. The SMILES string of the molecule is O=C(c1ccccc1Cl)N1c2ncnn2C2(CCCCC2)[C@@H]2CCCC[C@@H]21. The zero-order chi connectivity index (χ0) is 18.4. The van der Waals surface area contributed by atoms with Crippen LogP contribution in [0, 0.1) is 5.92 Å². The Hall–Kier alpha value is -1.88. The molecule has 1 aromatic heterocycles. The van der Waals surface area contributed by atoms with Crippen molar-refractivity contribution in [3.63, 3.8) is 0 Å². The van der Waals surface area contributed by atoms with Gasteiger partial charge in [-0.2, -0.15) is 10.1 Å². The second-order valence-corrected chi connectivity index (χ2v) is 8.66. The molecule has 0 unspecified atom stereocenters. The second kappa shape index (κ2) is 6.62. The summed E-state index contributed by atoms with van der Waals surface area (Å²) in [5, 5.41) is 5.15. The highest BCUT2D eigenvalue weighted by Crippen LogP contribution is 2.52. The molecule has 2 aliphatic carbocycles. The summed E-state index contributed by atoms with van der Waals surface area (Å²) in [5.41, 5.74) is 0.588. The summed E-state index contributed by atoms with van der Waals surface area (Å²) < 4.78 is 2.10. The van der Waals surface area contributed by atoms with Gasteiger partial charge in [-0.1, -0.05) is 55.8 Å². The summed E-state index contributed by atoms with van der Waals surface area (Å²) in [4.78, 5) is 20.1. The Morgan fingerprint density at radius 1 is 1.07 bits per heavy atom. The van der Waals surface area contributed by atoms with Gasteiger partial charge in [0.05, 0.1) is 16.1 Å². The molecule has 2 heterocycles. The summed E-state index contributed by atoms with van der Waals surface area (Å²) >= 11 is 6.37. The van der Waals surface area contributed by atoms with Crippen LogP contribution in [0.15, 0.2) is 30.6 Å². The molecule has 1 aromatic carbocycles. The van der Waals surface area contributed by atoms with Gasteiger partial charge in [0.15, 0.2) is 0 Å². The van der Waals surface area contributed by atoms with E-state index in [9.17, 15) is 4.79 Å². The predicted octanol–water partition coefficient (Wildman–Crippen LogP) is 4.81. The molecule has 5 nitrogen and oxygen atoms in total. The number of hydrogen-bond acceptors (Lipinski definition) is 3. The van der Waals surface area contributed by atoms with Gasteiger partial charge < -0.3 is 0 Å². The van der Waals surface area contributed by atoms with E-state index in [-0.39, 0.29) is 17.5 Å². The number of benzene rings is 1. The molecule has 142 valence electrons. The molecule has 6 heteroatoms. The van der Waals surface area contributed by atoms with Gasteiger partial charge in [-0.25, -0.2) is 4.68 Å². The van der Waals surface area contributed by atoms with Gasteiger partial charge in [-0.3, -0.25) is 9.69 Å². The third-order valence-electron chi connectivity index (χ3n) is 6.96. The van der Waals surface area contributed by atoms with Gasteiger partial charge in [-0.15, -0.1) is 0 Å². The molecule has 0 N–H and O–H groups in total. The van der Waals surface area contributed by atoms with E-state index < -0.39 is 0 Å². The maximum absolute atomic E-state index is 13.6. The van der Waals surface area contributed by atoms with E-state index in [1.165, 1.54) is 25.7 Å². The van der Waals surface area contributed by atoms with Crippen molar-refractivity contribution in [1.29, 1.82) is 0 Å². The highest BCUT2D eigenvalue weighted by atomic mass is 35.5. The first-order valence-corrected chi connectivity index (χ1v) is 10.6. The fourth-order valence-corrected chi connectivity index (χ4v) is 6.04. The van der Waals surface area contributed by atoms with Crippen molar-refractivity contribution in [3.05, 3.63) is 41.2 Å². The smallest absolute Gasteiger partial charge is 0.262 e. The van der Waals surface area contributed by atoms with Gasteiger partial charge in [0, 0.05) is 12.0 Å². The molecule has 2 atom stereocenters. The largest absolute Gasteiger partial charge is 0.273 e. The highest BCUT2D eigenvalue weighted by Gasteiger charge is 2.54. The molecule has 2 aromatic rings. The Morgan fingerprint density at radius 2 is 1.85 bits per heavy atom. The lowest BCUT2D eigenvalue weighted by molar-refractivity contribution is 0.0313. The number of aromatic nitrogens is 3. The van der Waals surface area contributed by atoms with E-state index in [1.807, 2.05) is 23.1 Å². The second-order valence-electron chi connectivity index (χ2n) is 8.25. The van der Waals surface area contributed by atoms with Crippen LogP contribution in [0.3, 0.4) is 0 Å². The molecule has 5 rings (SSSR count). The number of rotatable bonds is 1. The Balaban J connectivity index is 1.64. The molecule has 2 saturated carbocycles. The molecular weight excluding hydrogens is 360 g/mol. The maximum Gasteiger partial charge on any atom is 0.262 e. The first-order valence-electron chi connectivity index (χ1n) is 10.2. The first kappa shape index (κ1) is 17.2. The molecule has 3 aliphatic rings. The van der Waals surface area contributed by atoms with Crippen LogP contribution in [-0.2, 0) is 5.54 Å². The van der Waals surface area contributed by atoms with E-state index in [0.29, 0.717) is 22.5 Å². The summed E-state index contributed by atoms with van der Waals surface area (Å²) in [6, 6.07) is 7.52. The summed E-state index contributed by atoms with van der Waals surface area (Å²) in [7, 11) is 0. The van der Waals surface area contributed by atoms with Crippen molar-refractivity contribution in [2.75, 3.05) is 4.90 Å². The molecule has 0 radical (unpaired) electrons. The van der Waals surface area contributed by atoms with Crippen LogP contribution in [0.4, 0.5) is 5.95 Å². The monoisotopic (exact) mass is 384 g/mol. The van der Waals surface area contributed by atoms with Gasteiger partial charge in [-0.05, 0) is 37.8 Å². The molecule has 27 heavy (non-hydrogen) atoms. The van der Waals surface area contributed by atoms with E-state index >= 15 is 0 Å². The zero-order valence-corrected chi connectivity index (χ0v) is 16.2. The Morgan fingerprint density at radius 3 is 2.67 bits per heavy atom. The Bertz CT molecular complexity index is 857. The normalized spacial score (nSPS) is 26.5. The van der Waals surface area contributed by atoms with E-state index in [0.717, 1.165) is 32.1 Å². The standard InChI is InChI=1S/C21H25ClN4O/c22-17-10-4-2-8-15(17)19(27)25-18-11-5-3-9-16(18)21(12-6-1-7-13-21)26-20(25)23-14-24-26/h2,4,8,10,14,16,18H,1,3,5-7,9,11-13H2/t16-,18+/m1/s1. The maximum atomic E-state index is 13.6. The number of fused-ring (bicyclic) bond motifs is 4. The predicted molar refractivity (Wildman–Crippen MR) is 105 cm³/mol. The fourth-order valence-electron chi connectivity index (χ4n) is 5.82. The first-order chi connectivity index (χ1) is 13.2. The van der Waals surface area contributed by atoms with Crippen molar-refractivity contribution in [2.45, 2.75) is 69.4 Å². The lowest BCUT2D eigenvalue weighted by Crippen LogP contribution is -2.61. The van der Waals surface area contributed by atoms with Crippen molar-refractivity contribution < 1.29 is 4.79 Å². The van der Waals surface area contributed by atoms with Crippen LogP contribution in [0.25, 0.3) is 0 Å². The minimum atomic E-state index is -0.0441. The van der Waals surface area contributed by atoms with Crippen LogP contribution >= 0.6 is 11.6 Å². The van der Waals surface area contributed by atoms with Crippen molar-refractivity contribution in [2.24, 2.45) is 5.92 Å². The Kier molecular flexibility index (Phi) is 4.23. The highest BCUT2D eigenvalue weighted by molar-refractivity contribution is 6.34. The summed E-state index contributed by atoms with van der Waals surface area (Å²) in [5.74, 6) is 1.12. The summed E-state index contributed by atoms with van der Waals surface area (Å²) in [6.07, 6.45) is 12.3. The number of carbonyl (C=O) groups is 1. The number of nitrogens with zero attached hydrogens (tertiary/aromatic N) is 4. The number of halogens is 1. The third kappa shape index (κ3) is 2.54. The van der Waals surface area contributed by atoms with Crippen LogP contribution in [0.2, 0.25) is 5.02 Å². The van der Waals surface area contributed by atoms with Gasteiger partial charge >= 0.3 is 0 Å². The number of anilines is 1. The molecule has 0 saturated heterocycles. The number of amides is 1. The van der Waals surface area contributed by atoms with Crippen LogP contribution < -0.4 is 4.90 Å². The lowest BCUT2D eigenvalue weighted by Gasteiger charge is -2.55. The van der Waals surface area contributed by atoms with Crippen molar-refractivity contribution >= 4 is 23.5 Å². The van der Waals surface area contributed by atoms with Crippen LogP contribution in [-0.4, -0.2) is 26.7 Å². The number of hydrogen-bond donors (Lipinski definition) is 0.